The average Bonchev–Trinajstić information content (AvgIpc) is 2.78. The maximum atomic E-state index is 11.8. The number of hydrogen-bond acceptors (Lipinski definition) is 4. The molecule has 2 N–H and O–H groups in total. The molecule has 0 spiro atoms. The van der Waals surface area contributed by atoms with Gasteiger partial charge in [0, 0.05) is 48.4 Å². The van der Waals surface area contributed by atoms with Crippen molar-refractivity contribution in [2.24, 2.45) is 10.7 Å². The molecule has 0 aliphatic carbocycles. The normalized spacial score (nSPS) is 19.9. The molecule has 2 aliphatic rings. The molecule has 1 fully saturated rings. The van der Waals surface area contributed by atoms with Crippen LogP contribution in [-0.4, -0.2) is 41.8 Å². The molecule has 5 nitrogen and oxygen atoms in total. The Labute approximate surface area is 135 Å². The zero-order valence-corrected chi connectivity index (χ0v) is 13.9. The number of carbonyl (C=O) groups is 1. The minimum absolute atomic E-state index is 0.119. The predicted molar refractivity (Wildman–Crippen MR) is 89.6 cm³/mol. The second-order valence-corrected chi connectivity index (χ2v) is 6.99. The van der Waals surface area contributed by atoms with E-state index in [4.69, 9.17) is 17.3 Å². The number of halogens is 1. The third-order valence-corrected chi connectivity index (χ3v) is 4.72. The lowest BCUT2D eigenvalue weighted by atomic mass is 9.96. The van der Waals surface area contributed by atoms with E-state index in [1.165, 1.54) is 0 Å². The highest BCUT2D eigenvalue weighted by atomic mass is 35.5. The fourth-order valence-electron chi connectivity index (χ4n) is 3.49. The van der Waals surface area contributed by atoms with Crippen LogP contribution in [0.3, 0.4) is 0 Å². The number of hydrogen-bond donors (Lipinski definition) is 1. The van der Waals surface area contributed by atoms with Gasteiger partial charge in [-0.05, 0) is 26.0 Å². The van der Waals surface area contributed by atoms with Crippen molar-refractivity contribution in [3.63, 3.8) is 0 Å². The van der Waals surface area contributed by atoms with Crippen LogP contribution in [0.1, 0.15) is 31.9 Å². The summed E-state index contributed by atoms with van der Waals surface area (Å²) in [5.74, 6) is 0.675. The number of amidine groups is 1. The summed E-state index contributed by atoms with van der Waals surface area (Å²) < 4.78 is 0. The van der Waals surface area contributed by atoms with Crippen LogP contribution >= 0.6 is 11.6 Å². The first kappa shape index (κ1) is 15.2. The first-order valence-electron chi connectivity index (χ1n) is 7.45. The average molecular weight is 321 g/mol. The summed E-state index contributed by atoms with van der Waals surface area (Å²) in [7, 11) is 0. The van der Waals surface area contributed by atoms with E-state index in [9.17, 15) is 4.79 Å². The van der Waals surface area contributed by atoms with E-state index in [-0.39, 0.29) is 11.4 Å². The van der Waals surface area contributed by atoms with Crippen molar-refractivity contribution in [3.8, 4) is 0 Å². The lowest BCUT2D eigenvalue weighted by Crippen LogP contribution is -2.60. The maximum Gasteiger partial charge on any atom is 0.220 e. The van der Waals surface area contributed by atoms with Gasteiger partial charge in [-0.25, -0.2) is 0 Å². The van der Waals surface area contributed by atoms with Crippen LogP contribution in [0.25, 0.3) is 0 Å². The predicted octanol–water partition coefficient (Wildman–Crippen LogP) is 2.01. The number of piperazine rings is 1. The smallest absolute Gasteiger partial charge is 0.220 e. The molecule has 1 saturated heterocycles. The fraction of sp³-hybridized carbons (Fsp3) is 0.500. The Hall–Kier alpha value is -1.75. The summed E-state index contributed by atoms with van der Waals surface area (Å²) in [4.78, 5) is 20.3. The van der Waals surface area contributed by atoms with Gasteiger partial charge >= 0.3 is 0 Å². The zero-order chi connectivity index (χ0) is 16.1. The van der Waals surface area contributed by atoms with Gasteiger partial charge in [-0.15, -0.1) is 0 Å². The van der Waals surface area contributed by atoms with Crippen LogP contribution < -0.4 is 10.6 Å². The number of anilines is 1. The van der Waals surface area contributed by atoms with Crippen LogP contribution in [0.15, 0.2) is 17.1 Å². The standard InChI is InChI=1S/C16H21ClN4O/c1-10(22)21-5-4-20(9-16(21,2)3)14-7-11(17)6-12-13(14)8-19-15(12)18/h6-7H,4-5,8-9H2,1-3H3,(H2,18,19). The molecule has 3 rings (SSSR count). The van der Waals surface area contributed by atoms with Crippen LogP contribution in [0.5, 0.6) is 0 Å². The molecular weight excluding hydrogens is 300 g/mol. The summed E-state index contributed by atoms with van der Waals surface area (Å²) >= 11 is 6.26. The van der Waals surface area contributed by atoms with Crippen molar-refractivity contribution >= 4 is 29.0 Å². The highest BCUT2D eigenvalue weighted by Crippen LogP contribution is 2.35. The summed E-state index contributed by atoms with van der Waals surface area (Å²) in [5, 5.41) is 0.667. The lowest BCUT2D eigenvalue weighted by Gasteiger charge is -2.48. The van der Waals surface area contributed by atoms with Crippen molar-refractivity contribution in [2.45, 2.75) is 32.9 Å². The summed E-state index contributed by atoms with van der Waals surface area (Å²) in [5.41, 5.74) is 8.89. The van der Waals surface area contributed by atoms with Gasteiger partial charge in [0.2, 0.25) is 5.91 Å². The van der Waals surface area contributed by atoms with Crippen molar-refractivity contribution in [1.29, 1.82) is 0 Å². The van der Waals surface area contributed by atoms with Gasteiger partial charge < -0.3 is 15.5 Å². The Morgan fingerprint density at radius 3 is 2.73 bits per heavy atom. The van der Waals surface area contributed by atoms with Gasteiger partial charge in [-0.1, -0.05) is 11.6 Å². The van der Waals surface area contributed by atoms with Crippen molar-refractivity contribution in [3.05, 3.63) is 28.3 Å². The van der Waals surface area contributed by atoms with E-state index in [1.54, 1.807) is 6.92 Å². The summed E-state index contributed by atoms with van der Waals surface area (Å²) in [6, 6.07) is 3.86. The first-order valence-corrected chi connectivity index (χ1v) is 7.83. The molecule has 1 aromatic carbocycles. The molecule has 1 aromatic rings. The Balaban J connectivity index is 1.94. The van der Waals surface area contributed by atoms with Crippen molar-refractivity contribution < 1.29 is 4.79 Å². The summed E-state index contributed by atoms with van der Waals surface area (Å²) in [6.07, 6.45) is 0. The number of amides is 1. The number of nitrogens with two attached hydrogens (primary N) is 1. The topological polar surface area (TPSA) is 61.9 Å². The molecule has 2 heterocycles. The Bertz CT molecular complexity index is 668. The van der Waals surface area contributed by atoms with Crippen LogP contribution in [0, 0.1) is 0 Å². The second kappa shape index (κ2) is 5.16. The minimum Gasteiger partial charge on any atom is -0.383 e. The van der Waals surface area contributed by atoms with Gasteiger partial charge in [-0.3, -0.25) is 9.79 Å². The van der Waals surface area contributed by atoms with Gasteiger partial charge in [0.1, 0.15) is 5.84 Å². The monoisotopic (exact) mass is 320 g/mol. The van der Waals surface area contributed by atoms with E-state index in [0.717, 1.165) is 29.9 Å². The summed E-state index contributed by atoms with van der Waals surface area (Å²) in [6.45, 7) is 8.67. The molecule has 118 valence electrons. The Morgan fingerprint density at radius 2 is 2.09 bits per heavy atom. The molecule has 0 atom stereocenters. The van der Waals surface area contributed by atoms with E-state index in [0.29, 0.717) is 23.9 Å². The van der Waals surface area contributed by atoms with Crippen LogP contribution in [0.4, 0.5) is 5.69 Å². The zero-order valence-electron chi connectivity index (χ0n) is 13.2. The fourth-order valence-corrected chi connectivity index (χ4v) is 3.71. The van der Waals surface area contributed by atoms with Crippen molar-refractivity contribution in [2.75, 3.05) is 24.5 Å². The quantitative estimate of drug-likeness (QED) is 0.861. The van der Waals surface area contributed by atoms with Gasteiger partial charge in [-0.2, -0.15) is 0 Å². The Morgan fingerprint density at radius 1 is 1.36 bits per heavy atom. The van der Waals surface area contributed by atoms with Crippen LogP contribution in [-0.2, 0) is 11.3 Å². The first-order chi connectivity index (χ1) is 10.3. The number of benzene rings is 1. The third-order valence-electron chi connectivity index (χ3n) is 4.50. The van der Waals surface area contributed by atoms with E-state index in [1.807, 2.05) is 17.0 Å². The van der Waals surface area contributed by atoms with E-state index < -0.39 is 0 Å². The molecule has 0 aromatic heterocycles. The highest BCUT2D eigenvalue weighted by Gasteiger charge is 2.36. The second-order valence-electron chi connectivity index (χ2n) is 6.56. The van der Waals surface area contributed by atoms with Gasteiger partial charge in [0.05, 0.1) is 12.1 Å². The number of carbonyl (C=O) groups excluding carboxylic acids is 1. The number of aliphatic imine (C=N–C) groups is 1. The third kappa shape index (κ3) is 2.43. The van der Waals surface area contributed by atoms with Crippen LogP contribution in [0.2, 0.25) is 5.02 Å². The molecule has 6 heteroatoms. The maximum absolute atomic E-state index is 11.8. The molecular formula is C16H21ClN4O. The molecule has 0 unspecified atom stereocenters. The lowest BCUT2D eigenvalue weighted by molar-refractivity contribution is -0.134. The van der Waals surface area contributed by atoms with Gasteiger partial charge in [0.15, 0.2) is 0 Å². The number of nitrogens with zero attached hydrogens (tertiary/aromatic N) is 3. The number of fused-ring (bicyclic) bond motifs is 1. The van der Waals surface area contributed by atoms with E-state index >= 15 is 0 Å². The molecule has 2 aliphatic heterocycles. The van der Waals surface area contributed by atoms with Crippen molar-refractivity contribution in [1.82, 2.24) is 4.90 Å². The highest BCUT2D eigenvalue weighted by molar-refractivity contribution is 6.31. The minimum atomic E-state index is -0.218. The molecule has 0 bridgehead atoms. The molecule has 0 radical (unpaired) electrons. The molecule has 1 amide bonds. The number of rotatable bonds is 1. The Kier molecular flexibility index (Phi) is 3.56. The molecule has 22 heavy (non-hydrogen) atoms. The van der Waals surface area contributed by atoms with Gasteiger partial charge in [0.25, 0.3) is 0 Å². The SMILES string of the molecule is CC(=O)N1CCN(c2cc(Cl)cc3c2CN=C3N)CC1(C)C. The molecule has 0 saturated carbocycles. The largest absolute Gasteiger partial charge is 0.383 e. The van der Waals surface area contributed by atoms with E-state index in [2.05, 4.69) is 23.7 Å².